The molecule has 1 rings (SSSR count). The highest BCUT2D eigenvalue weighted by molar-refractivity contribution is 5.46. The van der Waals surface area contributed by atoms with Crippen LogP contribution in [0, 0.1) is 5.82 Å². The van der Waals surface area contributed by atoms with E-state index in [2.05, 4.69) is 0 Å². The Hall–Kier alpha value is -1.05. The van der Waals surface area contributed by atoms with Crippen LogP contribution in [0.5, 0.6) is 0 Å². The van der Waals surface area contributed by atoms with Gasteiger partial charge in [-0.3, -0.25) is 0 Å². The fourth-order valence-corrected chi connectivity index (χ4v) is 0.888. The molecule has 1 nitrogen and oxygen atoms in total. The molecule has 0 aromatic heterocycles. The van der Waals surface area contributed by atoms with E-state index >= 15 is 0 Å². The molecule has 0 saturated carbocycles. The van der Waals surface area contributed by atoms with Crippen LogP contribution in [0.3, 0.4) is 0 Å². The molecule has 1 aromatic rings. The Morgan fingerprint density at radius 1 is 1.60 bits per heavy atom. The van der Waals surface area contributed by atoms with Gasteiger partial charge in [-0.2, -0.15) is 0 Å². The molecule has 0 fully saturated rings. The van der Waals surface area contributed by atoms with E-state index in [0.29, 0.717) is 5.69 Å². The summed E-state index contributed by atoms with van der Waals surface area (Å²) in [6.45, 7) is 1.99. The first-order chi connectivity index (χ1) is 4.74. The van der Waals surface area contributed by atoms with Crippen molar-refractivity contribution in [3.05, 3.63) is 29.6 Å². The monoisotopic (exact) mass is 141 g/mol. The zero-order valence-electron chi connectivity index (χ0n) is 5.89. The molecule has 0 spiro atoms. The first kappa shape index (κ1) is 7.06. The summed E-state index contributed by atoms with van der Waals surface area (Å²) in [7, 11) is 0. The molecule has 0 aliphatic heterocycles. The largest absolute Gasteiger partial charge is 0.398 e. The van der Waals surface area contributed by atoms with Crippen molar-refractivity contribution in [2.75, 3.05) is 5.73 Å². The quantitative estimate of drug-likeness (QED) is 0.596. The Labute approximate surface area is 61.2 Å². The third kappa shape index (κ3) is 1.26. The molecule has 2 heteroatoms. The fourth-order valence-electron chi connectivity index (χ4n) is 0.888. The molecule has 0 unspecified atom stereocenters. The van der Waals surface area contributed by atoms with Gasteiger partial charge in [-0.15, -0.1) is 0 Å². The third-order valence-corrected chi connectivity index (χ3v) is 1.49. The molecule has 56 valence electrons. The van der Waals surface area contributed by atoms with Crippen LogP contribution in [0.2, 0.25) is 0 Å². The summed E-state index contributed by atoms with van der Waals surface area (Å²) < 4.78 is 12.4. The zero-order chi connectivity index (χ0) is 7.56. The molecule has 0 saturated heterocycles. The van der Waals surface area contributed by atoms with E-state index in [9.17, 15) is 4.39 Å². The second-order valence-electron chi connectivity index (χ2n) is 2.20. The summed E-state index contributed by atoms with van der Waals surface area (Å²) in [5.41, 5.74) is 7.04. The van der Waals surface area contributed by atoms with Crippen molar-refractivity contribution in [1.82, 2.24) is 0 Å². The summed E-state index contributed by atoms with van der Waals surface area (Å²) in [6.07, 6.45) is 0.853. The minimum atomic E-state index is -0.269. The summed E-state index contributed by atoms with van der Waals surface area (Å²) in [5.74, 6) is -0.269. The van der Waals surface area contributed by atoms with Crippen molar-refractivity contribution in [2.45, 2.75) is 13.3 Å². The van der Waals surface area contributed by atoms with E-state index in [1.807, 2.05) is 6.92 Å². The lowest BCUT2D eigenvalue weighted by Gasteiger charge is -2.00. The van der Waals surface area contributed by atoms with Gasteiger partial charge in [0.05, 0.1) is 0 Å². The van der Waals surface area contributed by atoms with Crippen LogP contribution in [0.25, 0.3) is 0 Å². The van der Waals surface area contributed by atoms with E-state index in [1.165, 1.54) is 12.1 Å². The lowest BCUT2D eigenvalue weighted by molar-refractivity contribution is 0.628. The van der Waals surface area contributed by atoms with Crippen molar-refractivity contribution in [2.24, 2.45) is 0 Å². The van der Waals surface area contributed by atoms with E-state index < -0.39 is 0 Å². The molecule has 0 bridgehead atoms. The second kappa shape index (κ2) is 2.69. The highest BCUT2D eigenvalue weighted by Crippen LogP contribution is 2.12. The van der Waals surface area contributed by atoms with Crippen LogP contribution in [0.15, 0.2) is 18.2 Å². The fraction of sp³-hybridized carbons (Fsp3) is 0.250. The Morgan fingerprint density at radius 2 is 2.30 bits per heavy atom. The molecule has 0 aliphatic rings. The summed E-state index contributed by atoms with van der Waals surface area (Å²) in [5, 5.41) is 0. The number of benzene rings is 1. The summed E-state index contributed by atoms with van der Waals surface area (Å²) in [6, 6.07) is 4.48. The van der Waals surface area contributed by atoms with Crippen molar-refractivity contribution >= 4 is 5.69 Å². The van der Waals surface area contributed by atoms with Crippen LogP contribution in [-0.2, 0) is 6.42 Å². The number of hydrogen-bond acceptors (Lipinski definition) is 1. The number of halogens is 1. The molecule has 0 atom stereocenters. The van der Waals surface area contributed by atoms with Crippen LogP contribution in [0.1, 0.15) is 13.9 Å². The predicted octanol–water partition coefficient (Wildman–Crippen LogP) is 2.22. The smallest absolute Gasteiger partial charge is 0.125 e. The maximum absolute atomic E-state index is 12.4. The Balaban J connectivity index is 0.000001000. The zero-order valence-corrected chi connectivity index (χ0v) is 5.89. The lowest BCUT2D eigenvalue weighted by Crippen LogP contribution is -1.92. The first-order valence-corrected chi connectivity index (χ1v) is 3.28. The first-order valence-electron chi connectivity index (χ1n) is 3.28. The van der Waals surface area contributed by atoms with E-state index in [1.54, 1.807) is 6.07 Å². The number of hydrogen-bond donors (Lipinski definition) is 1. The van der Waals surface area contributed by atoms with Gasteiger partial charge in [-0.05, 0) is 24.1 Å². The molecule has 2 N–H and O–H groups in total. The summed E-state index contributed by atoms with van der Waals surface area (Å²) >= 11 is 0. The molecule has 0 amide bonds. The molecule has 10 heavy (non-hydrogen) atoms. The van der Waals surface area contributed by atoms with Crippen molar-refractivity contribution in [3.8, 4) is 0 Å². The number of aryl methyl sites for hydroxylation is 1. The van der Waals surface area contributed by atoms with Gasteiger partial charge in [0, 0.05) is 7.11 Å². The normalized spacial score (nSPS) is 9.80. The third-order valence-electron chi connectivity index (χ3n) is 1.49. The average Bonchev–Trinajstić information content (AvgIpc) is 1.88. The number of anilines is 1. The minimum Gasteiger partial charge on any atom is -0.398 e. The predicted molar refractivity (Wildman–Crippen MR) is 42.3 cm³/mol. The van der Waals surface area contributed by atoms with Gasteiger partial charge in [0.25, 0.3) is 0 Å². The molecule has 0 heterocycles. The summed E-state index contributed by atoms with van der Waals surface area (Å²) in [4.78, 5) is 0. The highest BCUT2D eigenvalue weighted by Gasteiger charge is 1.96. The minimum absolute atomic E-state index is 0. The van der Waals surface area contributed by atoms with Crippen molar-refractivity contribution in [3.63, 3.8) is 0 Å². The molecule has 0 radical (unpaired) electrons. The Kier molecular flexibility index (Phi) is 1.90. The van der Waals surface area contributed by atoms with E-state index in [4.69, 9.17) is 5.73 Å². The van der Waals surface area contributed by atoms with Crippen LogP contribution < -0.4 is 5.73 Å². The van der Waals surface area contributed by atoms with E-state index in [-0.39, 0.29) is 7.24 Å². The van der Waals surface area contributed by atoms with Gasteiger partial charge in [0.1, 0.15) is 5.82 Å². The van der Waals surface area contributed by atoms with Crippen LogP contribution in [0.4, 0.5) is 10.1 Å². The van der Waals surface area contributed by atoms with Crippen molar-refractivity contribution in [1.29, 1.82) is 0 Å². The number of nitrogen functional groups attached to an aromatic ring is 1. The van der Waals surface area contributed by atoms with Gasteiger partial charge in [-0.1, -0.05) is 13.0 Å². The standard InChI is InChI=1S/C8H10FN.H2/c1-2-6-3-4-7(9)5-8(6)10;/h3-5H,2,10H2,1H3;1H. The van der Waals surface area contributed by atoms with Crippen LogP contribution in [-0.4, -0.2) is 0 Å². The van der Waals surface area contributed by atoms with Gasteiger partial charge >= 0.3 is 0 Å². The van der Waals surface area contributed by atoms with Crippen LogP contribution >= 0.6 is 0 Å². The average molecular weight is 141 g/mol. The van der Waals surface area contributed by atoms with Gasteiger partial charge in [-0.25, -0.2) is 4.39 Å². The Bertz CT molecular complexity index is 238. The topological polar surface area (TPSA) is 26.0 Å². The molecule has 1 aromatic carbocycles. The second-order valence-corrected chi connectivity index (χ2v) is 2.20. The molecule has 0 aliphatic carbocycles. The van der Waals surface area contributed by atoms with Gasteiger partial charge < -0.3 is 5.73 Å². The van der Waals surface area contributed by atoms with Crippen molar-refractivity contribution < 1.29 is 5.82 Å². The molecular weight excluding hydrogens is 129 g/mol. The maximum Gasteiger partial charge on any atom is 0.125 e. The SMILES string of the molecule is CCc1ccc(F)cc1N.[HH]. The number of nitrogens with two attached hydrogens (primary N) is 1. The van der Waals surface area contributed by atoms with Gasteiger partial charge in [0.15, 0.2) is 0 Å². The lowest BCUT2D eigenvalue weighted by atomic mass is 10.1. The Morgan fingerprint density at radius 3 is 2.80 bits per heavy atom. The molecular formula is C8H12FN. The van der Waals surface area contributed by atoms with Gasteiger partial charge in [0.2, 0.25) is 0 Å². The number of rotatable bonds is 1. The van der Waals surface area contributed by atoms with E-state index in [0.717, 1.165) is 12.0 Å². The maximum atomic E-state index is 12.4. The highest BCUT2D eigenvalue weighted by atomic mass is 19.1.